The largest absolute Gasteiger partial charge is 0.544 e. The Morgan fingerprint density at radius 1 is 0.542 bits per heavy atom. The third-order valence-electron chi connectivity index (χ3n) is 9.79. The molecule has 59 heavy (non-hydrogen) atoms. The highest BCUT2D eigenvalue weighted by Crippen LogP contribution is 2.12. The number of quaternary nitrogens is 1. The molecule has 0 aliphatic rings. The summed E-state index contributed by atoms with van der Waals surface area (Å²) in [6.45, 7) is 4.45. The van der Waals surface area contributed by atoms with Crippen molar-refractivity contribution in [2.75, 3.05) is 41.0 Å². The fourth-order valence-corrected chi connectivity index (χ4v) is 6.21. The number of rotatable bonds is 40. The maximum absolute atomic E-state index is 12.7. The van der Waals surface area contributed by atoms with Gasteiger partial charge >= 0.3 is 11.9 Å². The second-order valence-corrected chi connectivity index (χ2v) is 16.3. The summed E-state index contributed by atoms with van der Waals surface area (Å²) in [4.78, 5) is 36.9. The van der Waals surface area contributed by atoms with Gasteiger partial charge < -0.3 is 28.6 Å². The number of carbonyl (C=O) groups excluding carboxylic acids is 3. The fraction of sp³-hybridized carbons (Fsp3) is 0.667. The molecule has 0 aromatic heterocycles. The van der Waals surface area contributed by atoms with E-state index in [1.165, 1.54) is 44.9 Å². The van der Waals surface area contributed by atoms with Gasteiger partial charge in [-0.25, -0.2) is 0 Å². The Morgan fingerprint density at radius 3 is 1.54 bits per heavy atom. The Balaban J connectivity index is 4.46. The van der Waals surface area contributed by atoms with Gasteiger partial charge in [-0.05, 0) is 77.0 Å². The van der Waals surface area contributed by atoms with Gasteiger partial charge in [0.15, 0.2) is 6.10 Å². The van der Waals surface area contributed by atoms with Gasteiger partial charge in [-0.1, -0.05) is 157 Å². The highest BCUT2D eigenvalue weighted by Gasteiger charge is 2.25. The second-order valence-electron chi connectivity index (χ2n) is 16.3. The zero-order valence-corrected chi connectivity index (χ0v) is 38.1. The number of carboxylic acid groups (broad SMARTS) is 1. The molecule has 0 spiro atoms. The molecule has 0 bridgehead atoms. The van der Waals surface area contributed by atoms with Crippen molar-refractivity contribution in [1.29, 1.82) is 0 Å². The molecule has 0 fully saturated rings. The average molecular weight is 824 g/mol. The average Bonchev–Trinajstić information content (AvgIpc) is 3.19. The molecule has 336 valence electrons. The zero-order chi connectivity index (χ0) is 43.5. The molecule has 0 N–H and O–H groups in total. The van der Waals surface area contributed by atoms with Gasteiger partial charge in [0.25, 0.3) is 0 Å². The lowest BCUT2D eigenvalue weighted by Gasteiger charge is -2.34. The summed E-state index contributed by atoms with van der Waals surface area (Å²) < 4.78 is 17.1. The van der Waals surface area contributed by atoms with Gasteiger partial charge in [0.1, 0.15) is 12.6 Å². The minimum Gasteiger partial charge on any atom is -0.544 e. The molecule has 0 aromatic carbocycles. The van der Waals surface area contributed by atoms with E-state index in [4.69, 9.17) is 14.2 Å². The fourth-order valence-electron chi connectivity index (χ4n) is 6.21. The smallest absolute Gasteiger partial charge is 0.306 e. The van der Waals surface area contributed by atoms with Crippen molar-refractivity contribution in [3.8, 4) is 0 Å². The number of ether oxygens (including phenoxy) is 3. The molecule has 0 amide bonds. The molecule has 8 nitrogen and oxygen atoms in total. The molecule has 0 aromatic rings. The van der Waals surface area contributed by atoms with Crippen LogP contribution in [0.2, 0.25) is 0 Å². The normalized spacial score (nSPS) is 13.7. The maximum Gasteiger partial charge on any atom is 0.306 e. The highest BCUT2D eigenvalue weighted by molar-refractivity contribution is 5.70. The first kappa shape index (κ1) is 55.5. The van der Waals surface area contributed by atoms with Gasteiger partial charge in [0.2, 0.25) is 0 Å². The van der Waals surface area contributed by atoms with Crippen molar-refractivity contribution in [3.05, 3.63) is 85.1 Å². The number of allylic oxidation sites excluding steroid dienone is 14. The molecule has 2 unspecified atom stereocenters. The standard InChI is InChI=1S/C51H85NO7/c1-6-8-10-12-14-16-18-20-22-24-26-27-29-31-33-35-37-39-41-49(53)58-46-47(45-57-44-43-48(51(55)56)52(3,4)5)59-50(54)42-40-38-36-34-32-30-28-25-23-21-19-17-15-13-11-9-7-2/h9,11,15,17,21-24,26-28,30,34,36,47-48H,6-8,10,12-14,16,18-20,25,29,31-33,35,37-46H2,1-5H3/b11-9+,17-15+,23-21+,24-22+,27-26+,30-28+,36-34+. The third-order valence-corrected chi connectivity index (χ3v) is 9.79. The molecule has 0 saturated heterocycles. The molecule has 2 atom stereocenters. The Hall–Kier alpha value is -3.49. The van der Waals surface area contributed by atoms with E-state index < -0.39 is 18.1 Å². The summed E-state index contributed by atoms with van der Waals surface area (Å²) in [5.74, 6) is -1.84. The van der Waals surface area contributed by atoms with Gasteiger partial charge in [0, 0.05) is 19.3 Å². The van der Waals surface area contributed by atoms with Crippen molar-refractivity contribution in [2.45, 2.75) is 180 Å². The van der Waals surface area contributed by atoms with Gasteiger partial charge in [-0.2, -0.15) is 0 Å². The summed E-state index contributed by atoms with van der Waals surface area (Å²) in [7, 11) is 5.37. The summed E-state index contributed by atoms with van der Waals surface area (Å²) in [5.41, 5.74) is 0. The SMILES string of the molecule is CC/C=C/C/C=C/C/C=C/C/C=C/C/C=C/CCCC(=O)OC(COCCC(C(=O)[O-])[N+](C)(C)C)COC(=O)CCCCCCC/C=C/C=C/CCCCCCCCC. The first-order valence-corrected chi connectivity index (χ1v) is 23.1. The number of carboxylic acids is 1. The zero-order valence-electron chi connectivity index (χ0n) is 38.1. The van der Waals surface area contributed by atoms with Crippen molar-refractivity contribution < 1.29 is 38.2 Å². The Bertz CT molecular complexity index is 1240. The van der Waals surface area contributed by atoms with Crippen LogP contribution in [-0.4, -0.2) is 75.5 Å². The van der Waals surface area contributed by atoms with Crippen molar-refractivity contribution in [2.24, 2.45) is 0 Å². The first-order chi connectivity index (χ1) is 28.6. The Labute approximate surface area is 361 Å². The minimum atomic E-state index is -1.14. The Kier molecular flexibility index (Phi) is 38.8. The van der Waals surface area contributed by atoms with Gasteiger partial charge in [-0.3, -0.25) is 9.59 Å². The van der Waals surface area contributed by atoms with Gasteiger partial charge in [-0.15, -0.1) is 0 Å². The van der Waals surface area contributed by atoms with Crippen LogP contribution in [0.25, 0.3) is 0 Å². The summed E-state index contributed by atoms with van der Waals surface area (Å²) >= 11 is 0. The van der Waals surface area contributed by atoms with Crippen LogP contribution in [0.15, 0.2) is 85.1 Å². The molecular formula is C51H85NO7. The van der Waals surface area contributed by atoms with Crippen LogP contribution < -0.4 is 5.11 Å². The molecule has 0 saturated carbocycles. The monoisotopic (exact) mass is 824 g/mol. The van der Waals surface area contributed by atoms with E-state index in [0.29, 0.717) is 12.8 Å². The summed E-state index contributed by atoms with van der Waals surface area (Å²) in [5, 5.41) is 11.6. The van der Waals surface area contributed by atoms with E-state index in [2.05, 4.69) is 98.9 Å². The number of nitrogens with zero attached hydrogens (tertiary/aromatic N) is 1. The van der Waals surface area contributed by atoms with E-state index in [9.17, 15) is 19.5 Å². The van der Waals surface area contributed by atoms with E-state index >= 15 is 0 Å². The number of carbonyl (C=O) groups is 3. The van der Waals surface area contributed by atoms with E-state index in [1.54, 1.807) is 21.1 Å². The van der Waals surface area contributed by atoms with Crippen molar-refractivity contribution in [1.82, 2.24) is 0 Å². The molecular weight excluding hydrogens is 739 g/mol. The lowest BCUT2D eigenvalue weighted by Crippen LogP contribution is -2.55. The van der Waals surface area contributed by atoms with Crippen LogP contribution in [0, 0.1) is 0 Å². The summed E-state index contributed by atoms with van der Waals surface area (Å²) in [6, 6.07) is -0.743. The number of esters is 2. The van der Waals surface area contributed by atoms with E-state index in [1.807, 2.05) is 0 Å². The third kappa shape index (κ3) is 39.7. The van der Waals surface area contributed by atoms with Crippen LogP contribution in [0.4, 0.5) is 0 Å². The topological polar surface area (TPSA) is 102 Å². The van der Waals surface area contributed by atoms with Crippen LogP contribution in [-0.2, 0) is 28.6 Å². The second kappa shape index (κ2) is 41.3. The predicted molar refractivity (Wildman–Crippen MR) is 245 cm³/mol. The lowest BCUT2D eigenvalue weighted by molar-refractivity contribution is -0.889. The Morgan fingerprint density at radius 2 is 1.02 bits per heavy atom. The van der Waals surface area contributed by atoms with Gasteiger partial charge in [0.05, 0.1) is 40.3 Å². The summed E-state index contributed by atoms with van der Waals surface area (Å²) in [6.07, 6.45) is 53.3. The number of hydrogen-bond donors (Lipinski definition) is 0. The molecule has 0 rings (SSSR count). The van der Waals surface area contributed by atoms with Crippen LogP contribution in [0.3, 0.4) is 0 Å². The van der Waals surface area contributed by atoms with E-state index in [0.717, 1.165) is 83.5 Å². The number of hydrogen-bond acceptors (Lipinski definition) is 7. The minimum absolute atomic E-state index is 0.00807. The number of aliphatic carboxylic acids is 1. The lowest BCUT2D eigenvalue weighted by atomic mass is 10.1. The van der Waals surface area contributed by atoms with Crippen molar-refractivity contribution >= 4 is 17.9 Å². The first-order valence-electron chi connectivity index (χ1n) is 23.1. The number of unbranched alkanes of at least 4 members (excludes halogenated alkanes) is 13. The molecule has 0 radical (unpaired) electrons. The predicted octanol–water partition coefficient (Wildman–Crippen LogP) is 11.6. The van der Waals surface area contributed by atoms with Crippen LogP contribution >= 0.6 is 0 Å². The molecule has 0 heterocycles. The van der Waals surface area contributed by atoms with Crippen LogP contribution in [0.1, 0.15) is 168 Å². The molecule has 8 heteroatoms. The molecule has 0 aliphatic heterocycles. The molecule has 0 aliphatic carbocycles. The number of likely N-dealkylation sites (N-methyl/N-ethyl adjacent to an activating group) is 1. The quantitative estimate of drug-likeness (QED) is 0.0199. The van der Waals surface area contributed by atoms with E-state index in [-0.39, 0.29) is 49.1 Å². The highest BCUT2D eigenvalue weighted by atomic mass is 16.6. The maximum atomic E-state index is 12.7. The van der Waals surface area contributed by atoms with Crippen LogP contribution in [0.5, 0.6) is 0 Å². The van der Waals surface area contributed by atoms with Crippen molar-refractivity contribution in [3.63, 3.8) is 0 Å².